The molecule has 0 amide bonds. The molecule has 2 aromatic rings. The second-order valence-electron chi connectivity index (χ2n) is 8.68. The molecule has 7 nitrogen and oxygen atoms in total. The highest BCUT2D eigenvalue weighted by Crippen LogP contribution is 2.22. The fraction of sp³-hybridized carbons (Fsp3) is 0.464. The van der Waals surface area contributed by atoms with Crippen molar-refractivity contribution >= 4 is 28.8 Å². The van der Waals surface area contributed by atoms with Crippen molar-refractivity contribution in [3.63, 3.8) is 0 Å². The molecule has 0 saturated carbocycles. The third-order valence-electron chi connectivity index (χ3n) is 5.72. The quantitative estimate of drug-likeness (QED) is 0.172. The van der Waals surface area contributed by atoms with E-state index in [0.717, 1.165) is 18.9 Å². The number of ether oxygens (including phenoxy) is 1. The lowest BCUT2D eigenvalue weighted by atomic mass is 10.1. The minimum absolute atomic E-state index is 0.00305. The summed E-state index contributed by atoms with van der Waals surface area (Å²) in [6.45, 7) is 2.73. The Hall–Kier alpha value is -3.00. The van der Waals surface area contributed by atoms with Crippen LogP contribution in [0.15, 0.2) is 47.4 Å². The number of aromatic carboxylic acids is 1. The van der Waals surface area contributed by atoms with Gasteiger partial charge in [0, 0.05) is 6.08 Å². The standard InChI is InChI=1S/C28H37NO6S/c1-2-3-4-5-6-7-8-9-10-13-20-35-25-18-16-22(29-24(25)17-19-27(30)31)21-36(34)26-15-12-11-14-23(26)28(32)33/h11-12,14-19H,2-10,13,20-21H2,1H3,(H,30,31)(H,32,33)/b19-17+. The van der Waals surface area contributed by atoms with Crippen LogP contribution in [0.25, 0.3) is 6.08 Å². The maximum Gasteiger partial charge on any atom is 0.336 e. The number of pyridine rings is 1. The zero-order valence-corrected chi connectivity index (χ0v) is 21.8. The van der Waals surface area contributed by atoms with E-state index in [9.17, 15) is 18.9 Å². The summed E-state index contributed by atoms with van der Waals surface area (Å²) in [7, 11) is -1.63. The first kappa shape index (κ1) is 29.2. The van der Waals surface area contributed by atoms with Gasteiger partial charge in [-0.1, -0.05) is 76.8 Å². The van der Waals surface area contributed by atoms with Crippen LogP contribution in [-0.2, 0) is 21.3 Å². The van der Waals surface area contributed by atoms with Crippen molar-refractivity contribution in [1.82, 2.24) is 4.98 Å². The highest BCUT2D eigenvalue weighted by molar-refractivity contribution is 7.84. The Balaban J connectivity index is 1.92. The van der Waals surface area contributed by atoms with Gasteiger partial charge in [0.05, 0.1) is 39.3 Å². The summed E-state index contributed by atoms with van der Waals surface area (Å²) in [6, 6.07) is 9.52. The number of carboxylic acid groups (broad SMARTS) is 2. The van der Waals surface area contributed by atoms with E-state index < -0.39 is 22.7 Å². The van der Waals surface area contributed by atoms with E-state index in [1.54, 1.807) is 24.3 Å². The van der Waals surface area contributed by atoms with Crippen LogP contribution >= 0.6 is 0 Å². The van der Waals surface area contributed by atoms with Crippen molar-refractivity contribution in [1.29, 1.82) is 0 Å². The number of carboxylic acids is 2. The third kappa shape index (κ3) is 10.7. The van der Waals surface area contributed by atoms with E-state index in [-0.39, 0.29) is 16.2 Å². The molecule has 2 N–H and O–H groups in total. The monoisotopic (exact) mass is 515 g/mol. The van der Waals surface area contributed by atoms with Gasteiger partial charge in [-0.15, -0.1) is 0 Å². The van der Waals surface area contributed by atoms with Gasteiger partial charge in [-0.2, -0.15) is 0 Å². The smallest absolute Gasteiger partial charge is 0.336 e. The second kappa shape index (κ2) is 16.6. The van der Waals surface area contributed by atoms with E-state index in [2.05, 4.69) is 11.9 Å². The number of aromatic nitrogens is 1. The van der Waals surface area contributed by atoms with Crippen LogP contribution in [0.2, 0.25) is 0 Å². The van der Waals surface area contributed by atoms with Gasteiger partial charge >= 0.3 is 11.9 Å². The molecule has 0 aliphatic carbocycles. The summed E-state index contributed by atoms with van der Waals surface area (Å²) in [6.07, 6.45) is 14.6. The van der Waals surface area contributed by atoms with Crippen LogP contribution in [0, 0.1) is 0 Å². The maximum absolute atomic E-state index is 12.9. The molecule has 0 radical (unpaired) electrons. The first-order valence-electron chi connectivity index (χ1n) is 12.7. The number of nitrogens with zero attached hydrogens (tertiary/aromatic N) is 1. The Labute approximate surface area is 216 Å². The predicted octanol–water partition coefficient (Wildman–Crippen LogP) is 6.49. The molecule has 0 aliphatic heterocycles. The predicted molar refractivity (Wildman–Crippen MR) is 142 cm³/mol. The van der Waals surface area contributed by atoms with Crippen molar-refractivity contribution in [2.75, 3.05) is 6.61 Å². The largest absolute Gasteiger partial charge is 0.491 e. The van der Waals surface area contributed by atoms with E-state index in [0.29, 0.717) is 23.7 Å². The molecular formula is C28H37NO6S. The molecule has 0 fully saturated rings. The first-order valence-corrected chi connectivity index (χ1v) is 14.0. The molecule has 0 bridgehead atoms. The lowest BCUT2D eigenvalue weighted by Crippen LogP contribution is -2.07. The van der Waals surface area contributed by atoms with Crippen LogP contribution in [0.5, 0.6) is 5.75 Å². The molecule has 36 heavy (non-hydrogen) atoms. The lowest BCUT2D eigenvalue weighted by molar-refractivity contribution is -0.131. The van der Waals surface area contributed by atoms with Gasteiger partial charge in [-0.05, 0) is 36.8 Å². The minimum atomic E-state index is -1.63. The zero-order chi connectivity index (χ0) is 26.2. The normalized spacial score (nSPS) is 12.0. The summed E-state index contributed by atoms with van der Waals surface area (Å²) in [4.78, 5) is 27.1. The summed E-state index contributed by atoms with van der Waals surface area (Å²) in [5, 5.41) is 18.4. The van der Waals surface area contributed by atoms with Crippen LogP contribution in [0.1, 0.15) is 92.9 Å². The maximum atomic E-state index is 12.9. The molecule has 0 spiro atoms. The lowest BCUT2D eigenvalue weighted by Gasteiger charge is -2.11. The topological polar surface area (TPSA) is 114 Å². The highest BCUT2D eigenvalue weighted by Gasteiger charge is 2.16. The fourth-order valence-electron chi connectivity index (χ4n) is 3.80. The summed E-state index contributed by atoms with van der Waals surface area (Å²) in [5.74, 6) is -1.80. The zero-order valence-electron chi connectivity index (χ0n) is 21.0. The average Bonchev–Trinajstić information content (AvgIpc) is 2.86. The molecule has 2 rings (SSSR count). The number of carbonyl (C=O) groups is 2. The minimum Gasteiger partial charge on any atom is -0.491 e. The summed E-state index contributed by atoms with van der Waals surface area (Å²) < 4.78 is 18.7. The van der Waals surface area contributed by atoms with E-state index in [4.69, 9.17) is 9.84 Å². The van der Waals surface area contributed by atoms with Gasteiger partial charge in [0.1, 0.15) is 11.4 Å². The van der Waals surface area contributed by atoms with Gasteiger partial charge < -0.3 is 14.9 Å². The van der Waals surface area contributed by atoms with Crippen molar-refractivity contribution in [2.45, 2.75) is 81.8 Å². The molecule has 1 aromatic heterocycles. The summed E-state index contributed by atoms with van der Waals surface area (Å²) in [5.41, 5.74) is 0.772. The third-order valence-corrected chi connectivity index (χ3v) is 7.13. The molecule has 0 saturated heterocycles. The Kier molecular flexibility index (Phi) is 13.5. The number of aliphatic carboxylic acids is 1. The molecular weight excluding hydrogens is 478 g/mol. The first-order chi connectivity index (χ1) is 17.4. The van der Waals surface area contributed by atoms with Gasteiger partial charge in [0.2, 0.25) is 0 Å². The van der Waals surface area contributed by atoms with Gasteiger partial charge in [0.25, 0.3) is 0 Å². The molecule has 196 valence electrons. The number of benzene rings is 1. The van der Waals surface area contributed by atoms with Gasteiger partial charge in [0.15, 0.2) is 0 Å². The average molecular weight is 516 g/mol. The Bertz CT molecular complexity index is 1040. The fourth-order valence-corrected chi connectivity index (χ4v) is 5.02. The van der Waals surface area contributed by atoms with Crippen molar-refractivity contribution in [3.8, 4) is 5.75 Å². The van der Waals surface area contributed by atoms with E-state index in [1.807, 2.05) is 0 Å². The van der Waals surface area contributed by atoms with Crippen molar-refractivity contribution in [2.24, 2.45) is 0 Å². The van der Waals surface area contributed by atoms with Crippen molar-refractivity contribution < 1.29 is 28.7 Å². The van der Waals surface area contributed by atoms with Gasteiger partial charge in [-0.3, -0.25) is 4.21 Å². The molecule has 0 aliphatic rings. The Morgan fingerprint density at radius 3 is 2.19 bits per heavy atom. The Morgan fingerprint density at radius 2 is 1.56 bits per heavy atom. The number of hydrogen-bond donors (Lipinski definition) is 2. The van der Waals surface area contributed by atoms with Crippen LogP contribution in [0.3, 0.4) is 0 Å². The molecule has 8 heteroatoms. The van der Waals surface area contributed by atoms with Crippen LogP contribution < -0.4 is 4.74 Å². The van der Waals surface area contributed by atoms with Gasteiger partial charge in [-0.25, -0.2) is 14.6 Å². The molecule has 1 heterocycles. The highest BCUT2D eigenvalue weighted by atomic mass is 32.2. The molecule has 1 aromatic carbocycles. The number of rotatable bonds is 18. The van der Waals surface area contributed by atoms with E-state index >= 15 is 0 Å². The SMILES string of the molecule is CCCCCCCCCCCCOc1ccc(CS(=O)c2ccccc2C(=O)O)nc1/C=C/C(=O)O. The van der Waals surface area contributed by atoms with Crippen molar-refractivity contribution in [3.05, 3.63) is 59.4 Å². The summed E-state index contributed by atoms with van der Waals surface area (Å²) >= 11 is 0. The van der Waals surface area contributed by atoms with Crippen LogP contribution in [-0.4, -0.2) is 38.0 Å². The molecule has 1 unspecified atom stereocenters. The molecule has 1 atom stereocenters. The number of hydrogen-bond acceptors (Lipinski definition) is 5. The van der Waals surface area contributed by atoms with E-state index in [1.165, 1.54) is 69.6 Å². The Morgan fingerprint density at radius 1 is 0.917 bits per heavy atom. The van der Waals surface area contributed by atoms with Crippen LogP contribution in [0.4, 0.5) is 0 Å². The second-order valence-corrected chi connectivity index (χ2v) is 10.1. The number of unbranched alkanes of at least 4 members (excludes halogenated alkanes) is 9.